The second-order valence-electron chi connectivity index (χ2n) is 0. The van der Waals surface area contributed by atoms with E-state index in [1.807, 2.05) is 0 Å². The van der Waals surface area contributed by atoms with Crippen LogP contribution in [0.25, 0.3) is 0 Å². The van der Waals surface area contributed by atoms with E-state index in [2.05, 4.69) is 0 Å². The smallest absolute Gasteiger partial charge is 0 e. The van der Waals surface area contributed by atoms with Gasteiger partial charge in [0.2, 0.25) is 0 Å². The van der Waals surface area contributed by atoms with Crippen LogP contribution >= 0.6 is 0 Å². The van der Waals surface area contributed by atoms with E-state index in [1.165, 1.54) is 0 Å². The molecule has 0 saturated carbocycles. The van der Waals surface area contributed by atoms with Crippen LogP contribution in [0.2, 0.25) is 0 Å². The summed E-state index contributed by atoms with van der Waals surface area (Å²) in [7, 11) is 0. The van der Waals surface area contributed by atoms with Crippen molar-refractivity contribution < 1.29 is 101 Å². The van der Waals surface area contributed by atoms with Crippen molar-refractivity contribution in [1.82, 2.24) is 0 Å². The van der Waals surface area contributed by atoms with Gasteiger partial charge in [-0.05, 0) is 0 Å². The monoisotopic (exact) mass is 347 g/mol. The molecule has 0 atom stereocenters. The quantitative estimate of drug-likeness (QED) is 0.524. The third kappa shape index (κ3) is 9.02. The number of hydrogen-bond acceptors (Lipinski definition) is 0. The van der Waals surface area contributed by atoms with Gasteiger partial charge >= 0.3 is 0 Å². The zero-order valence-corrected chi connectivity index (χ0v) is 9.32. The van der Waals surface area contributed by atoms with Crippen LogP contribution in [0.3, 0.4) is 0 Å². The van der Waals surface area contributed by atoms with E-state index in [0.29, 0.717) is 0 Å². The molecule has 4 heavy (non-hydrogen) atoms. The van der Waals surface area contributed by atoms with Crippen molar-refractivity contribution >= 4 is 8.41 Å². The standard InChI is InChI=1S/B.2Ce.Fe. The normalized spacial score (nSPS) is 0. The molecular weight excluding hydrogens is 347 g/mol. The predicted octanol–water partition coefficient (Wildman–Crippen LogP) is -0.383. The Balaban J connectivity index is 0. The summed E-state index contributed by atoms with van der Waals surface area (Å²) in [6.45, 7) is 0. The molecule has 0 saturated heterocycles. The molecule has 0 fully saturated rings. The molecule has 0 rings (SSSR count). The van der Waals surface area contributed by atoms with Gasteiger partial charge in [-0.25, -0.2) is 0 Å². The van der Waals surface area contributed by atoms with Crippen molar-refractivity contribution in [2.45, 2.75) is 0 Å². The average molecular weight is 347 g/mol. The summed E-state index contributed by atoms with van der Waals surface area (Å²) < 4.78 is 0. The van der Waals surface area contributed by atoms with Gasteiger partial charge in [-0.2, -0.15) is 0 Å². The molecular formula is BCe2Fe. The zero-order chi connectivity index (χ0) is 0. The first-order valence-corrected chi connectivity index (χ1v) is 0. The molecule has 0 spiro atoms. The van der Waals surface area contributed by atoms with Crippen LogP contribution in [0, 0.1) is 83.5 Å². The molecule has 0 heterocycles. The second-order valence-corrected chi connectivity index (χ2v) is 0. The molecule has 0 N–H and O–H groups in total. The minimum atomic E-state index is 0. The Hall–Kier alpha value is 3.34. The third-order valence-corrected chi connectivity index (χ3v) is 0. The maximum atomic E-state index is 0. The van der Waals surface area contributed by atoms with Crippen LogP contribution in [0.4, 0.5) is 0 Å². The summed E-state index contributed by atoms with van der Waals surface area (Å²) in [6, 6.07) is 0. The number of hydrogen-bond donors (Lipinski definition) is 0. The van der Waals surface area contributed by atoms with Gasteiger partial charge in [0.05, 0.1) is 0 Å². The Morgan fingerprint density at radius 1 is 0.750 bits per heavy atom. The van der Waals surface area contributed by atoms with Gasteiger partial charge in [-0.3, -0.25) is 0 Å². The number of rotatable bonds is 0. The van der Waals surface area contributed by atoms with E-state index < -0.39 is 0 Å². The second kappa shape index (κ2) is 16.2. The summed E-state index contributed by atoms with van der Waals surface area (Å²) >= 11 is 0. The van der Waals surface area contributed by atoms with Crippen LogP contribution in [-0.2, 0) is 17.1 Å². The van der Waals surface area contributed by atoms with E-state index in [4.69, 9.17) is 0 Å². The first-order valence-electron chi connectivity index (χ1n) is 0. The molecule has 0 aromatic carbocycles. The van der Waals surface area contributed by atoms with Crippen molar-refractivity contribution in [2.75, 3.05) is 0 Å². The molecule has 0 amide bonds. The molecule has 0 nitrogen and oxygen atoms in total. The molecule has 0 aliphatic rings. The Labute approximate surface area is 106 Å². The average Bonchev–Trinajstić information content (AvgIpc) is 0. The van der Waals surface area contributed by atoms with Crippen molar-refractivity contribution in [2.24, 2.45) is 0 Å². The predicted molar refractivity (Wildman–Crippen MR) is 5.75 cm³/mol. The molecule has 0 unspecified atom stereocenters. The van der Waals surface area contributed by atoms with E-state index in [9.17, 15) is 0 Å². The third-order valence-electron chi connectivity index (χ3n) is 0. The summed E-state index contributed by atoms with van der Waals surface area (Å²) in [5, 5.41) is 0. The Morgan fingerprint density at radius 2 is 0.750 bits per heavy atom. The van der Waals surface area contributed by atoms with Gasteiger partial charge in [-0.15, -0.1) is 0 Å². The molecule has 19 valence electrons. The minimum Gasteiger partial charge on any atom is 0 e. The van der Waals surface area contributed by atoms with E-state index >= 15 is 0 Å². The summed E-state index contributed by atoms with van der Waals surface area (Å²) in [5.41, 5.74) is 0. The molecule has 0 aromatic heterocycles. The molecule has 0 bridgehead atoms. The fraction of sp³-hybridized carbons (Fsp3) is 0. The van der Waals surface area contributed by atoms with E-state index in [1.54, 1.807) is 0 Å². The van der Waals surface area contributed by atoms with Gasteiger partial charge in [0.1, 0.15) is 0 Å². The molecule has 0 aromatic rings. The van der Waals surface area contributed by atoms with Gasteiger partial charge in [0.15, 0.2) is 0 Å². The summed E-state index contributed by atoms with van der Waals surface area (Å²) in [4.78, 5) is 0. The topological polar surface area (TPSA) is 0 Å². The van der Waals surface area contributed by atoms with Crippen molar-refractivity contribution in [3.05, 3.63) is 0 Å². The maximum absolute atomic E-state index is 0. The largest absolute Gasteiger partial charge is 0 e. The fourth-order valence-electron chi connectivity index (χ4n) is 0. The minimum absolute atomic E-state index is 0. The van der Waals surface area contributed by atoms with Crippen LogP contribution in [0.15, 0.2) is 0 Å². The molecule has 4 heteroatoms. The first kappa shape index (κ1) is 26.5. The van der Waals surface area contributed by atoms with Gasteiger partial charge in [0.25, 0.3) is 0 Å². The Bertz CT molecular complexity index is 6.00. The molecule has 0 aliphatic heterocycles. The van der Waals surface area contributed by atoms with Gasteiger partial charge in [0, 0.05) is 109 Å². The van der Waals surface area contributed by atoms with E-state index in [-0.39, 0.29) is 109 Å². The maximum Gasteiger partial charge on any atom is 0 e. The van der Waals surface area contributed by atoms with Crippen LogP contribution in [0.5, 0.6) is 0 Å². The summed E-state index contributed by atoms with van der Waals surface area (Å²) in [5.74, 6) is 0. The molecule has 0 aliphatic carbocycles. The summed E-state index contributed by atoms with van der Waals surface area (Å²) in [6.07, 6.45) is 0. The van der Waals surface area contributed by atoms with Crippen LogP contribution in [0.1, 0.15) is 0 Å². The van der Waals surface area contributed by atoms with Gasteiger partial charge in [-0.1, -0.05) is 0 Å². The Morgan fingerprint density at radius 3 is 0.750 bits per heavy atom. The van der Waals surface area contributed by atoms with Crippen molar-refractivity contribution in [3.8, 4) is 0 Å². The fourth-order valence-corrected chi connectivity index (χ4v) is 0. The molecule has 3 radical (unpaired) electrons. The first-order chi connectivity index (χ1) is 0. The SMILES string of the molecule is [B].[Ce].[Ce].[Fe]. The van der Waals surface area contributed by atoms with Crippen molar-refractivity contribution in [3.63, 3.8) is 0 Å². The van der Waals surface area contributed by atoms with Gasteiger partial charge < -0.3 is 0 Å². The zero-order valence-electron chi connectivity index (χ0n) is 1.93. The Kier molecular flexibility index (Phi) is 107. The van der Waals surface area contributed by atoms with Crippen molar-refractivity contribution in [1.29, 1.82) is 0 Å². The van der Waals surface area contributed by atoms with Crippen LogP contribution < -0.4 is 0 Å². The van der Waals surface area contributed by atoms with E-state index in [0.717, 1.165) is 0 Å². The van der Waals surface area contributed by atoms with Crippen LogP contribution in [-0.4, -0.2) is 8.41 Å².